The Labute approximate surface area is 161 Å². The van der Waals surface area contributed by atoms with Crippen LogP contribution in [-0.4, -0.2) is 31.8 Å². The Bertz CT molecular complexity index is 898. The van der Waals surface area contributed by atoms with E-state index in [1.54, 1.807) is 0 Å². The van der Waals surface area contributed by atoms with Crippen molar-refractivity contribution in [2.75, 3.05) is 13.1 Å². The molecule has 0 saturated carbocycles. The Morgan fingerprint density at radius 2 is 1.78 bits per heavy atom. The molecule has 0 amide bonds. The number of rotatable bonds is 5. The minimum Gasteiger partial charge on any atom is -0.457 e. The second kappa shape index (κ2) is 8.23. The van der Waals surface area contributed by atoms with Gasteiger partial charge in [0.25, 0.3) is 0 Å². The van der Waals surface area contributed by atoms with Gasteiger partial charge in [-0.2, -0.15) is 4.31 Å². The number of aryl methyl sites for hydroxylation is 1. The summed E-state index contributed by atoms with van der Waals surface area (Å²) in [5.41, 5.74) is 2.36. The third-order valence-corrected chi connectivity index (χ3v) is 6.84. The highest BCUT2D eigenvalue weighted by Gasteiger charge is 2.28. The van der Waals surface area contributed by atoms with Crippen LogP contribution in [0.25, 0.3) is 0 Å². The molecular formula is C21H25NO4S. The van der Waals surface area contributed by atoms with Crippen LogP contribution in [0.2, 0.25) is 0 Å². The summed E-state index contributed by atoms with van der Waals surface area (Å²) >= 11 is 0. The molecule has 1 aliphatic heterocycles. The summed E-state index contributed by atoms with van der Waals surface area (Å²) in [6, 6.07) is 13.7. The average molecular weight is 388 g/mol. The monoisotopic (exact) mass is 387 g/mol. The zero-order valence-corrected chi connectivity index (χ0v) is 16.5. The minimum absolute atomic E-state index is 0.187. The standard InChI is InChI=1S/C21H25NO4S/c1-16-10-12-22(13-11-16)27(24,25)20-8-6-19(7-9-20)21(23)26-15-18-5-3-4-17(2)14-18/h3-9,14,16H,10-13,15H2,1-2H3. The largest absolute Gasteiger partial charge is 0.457 e. The van der Waals surface area contributed by atoms with Crippen molar-refractivity contribution in [1.82, 2.24) is 4.31 Å². The van der Waals surface area contributed by atoms with Crippen molar-refractivity contribution in [2.45, 2.75) is 38.2 Å². The topological polar surface area (TPSA) is 63.7 Å². The van der Waals surface area contributed by atoms with E-state index in [4.69, 9.17) is 4.74 Å². The van der Waals surface area contributed by atoms with E-state index in [0.29, 0.717) is 24.6 Å². The zero-order valence-electron chi connectivity index (χ0n) is 15.7. The molecule has 0 unspecified atom stereocenters. The summed E-state index contributed by atoms with van der Waals surface area (Å²) in [4.78, 5) is 12.4. The van der Waals surface area contributed by atoms with Crippen molar-refractivity contribution in [3.63, 3.8) is 0 Å². The van der Waals surface area contributed by atoms with Crippen LogP contribution in [-0.2, 0) is 21.4 Å². The maximum absolute atomic E-state index is 12.7. The molecule has 0 N–H and O–H groups in total. The van der Waals surface area contributed by atoms with E-state index in [-0.39, 0.29) is 11.5 Å². The summed E-state index contributed by atoms with van der Waals surface area (Å²) in [7, 11) is -3.51. The molecule has 3 rings (SSSR count). The van der Waals surface area contributed by atoms with Crippen molar-refractivity contribution >= 4 is 16.0 Å². The first-order valence-electron chi connectivity index (χ1n) is 9.19. The smallest absolute Gasteiger partial charge is 0.338 e. The number of sulfonamides is 1. The lowest BCUT2D eigenvalue weighted by Crippen LogP contribution is -2.37. The normalized spacial score (nSPS) is 16.2. The lowest BCUT2D eigenvalue weighted by Gasteiger charge is -2.29. The fraction of sp³-hybridized carbons (Fsp3) is 0.381. The van der Waals surface area contributed by atoms with Crippen LogP contribution in [0, 0.1) is 12.8 Å². The molecule has 5 nitrogen and oxygen atoms in total. The molecule has 1 aliphatic rings. The molecule has 1 fully saturated rings. The number of nitrogens with zero attached hydrogens (tertiary/aromatic N) is 1. The van der Waals surface area contributed by atoms with E-state index in [9.17, 15) is 13.2 Å². The number of hydrogen-bond acceptors (Lipinski definition) is 4. The quantitative estimate of drug-likeness (QED) is 0.733. The predicted molar refractivity (Wildman–Crippen MR) is 104 cm³/mol. The molecule has 0 spiro atoms. The third-order valence-electron chi connectivity index (χ3n) is 4.92. The highest BCUT2D eigenvalue weighted by atomic mass is 32.2. The van der Waals surface area contributed by atoms with E-state index < -0.39 is 16.0 Å². The summed E-state index contributed by atoms with van der Waals surface area (Å²) in [6.45, 7) is 5.40. The Morgan fingerprint density at radius 1 is 1.11 bits per heavy atom. The van der Waals surface area contributed by atoms with Crippen LogP contribution in [0.4, 0.5) is 0 Å². The molecule has 0 radical (unpaired) electrons. The minimum atomic E-state index is -3.51. The molecule has 0 atom stereocenters. The SMILES string of the molecule is Cc1cccc(COC(=O)c2ccc(S(=O)(=O)N3CCC(C)CC3)cc2)c1. The first-order chi connectivity index (χ1) is 12.9. The summed E-state index contributed by atoms with van der Waals surface area (Å²) < 4.78 is 32.3. The number of piperidine rings is 1. The van der Waals surface area contributed by atoms with Gasteiger partial charge in [-0.1, -0.05) is 36.8 Å². The van der Waals surface area contributed by atoms with Gasteiger partial charge in [-0.15, -0.1) is 0 Å². The molecule has 2 aromatic carbocycles. The van der Waals surface area contributed by atoms with Gasteiger partial charge in [-0.25, -0.2) is 13.2 Å². The van der Waals surface area contributed by atoms with E-state index in [2.05, 4.69) is 6.92 Å². The van der Waals surface area contributed by atoms with Crippen molar-refractivity contribution in [3.05, 3.63) is 65.2 Å². The maximum Gasteiger partial charge on any atom is 0.338 e. The van der Waals surface area contributed by atoms with Gasteiger partial charge in [-0.3, -0.25) is 0 Å². The van der Waals surface area contributed by atoms with Crippen molar-refractivity contribution in [3.8, 4) is 0 Å². The number of carbonyl (C=O) groups is 1. The number of esters is 1. The van der Waals surface area contributed by atoms with Crippen LogP contribution in [0.5, 0.6) is 0 Å². The van der Waals surface area contributed by atoms with E-state index >= 15 is 0 Å². The first-order valence-corrected chi connectivity index (χ1v) is 10.6. The molecule has 1 heterocycles. The van der Waals surface area contributed by atoms with Crippen LogP contribution < -0.4 is 0 Å². The number of ether oxygens (including phenoxy) is 1. The van der Waals surface area contributed by atoms with Gasteiger partial charge in [0, 0.05) is 13.1 Å². The Balaban J connectivity index is 1.64. The molecule has 0 aliphatic carbocycles. The van der Waals surface area contributed by atoms with Gasteiger partial charge in [0.2, 0.25) is 10.0 Å². The van der Waals surface area contributed by atoms with Gasteiger partial charge >= 0.3 is 5.97 Å². The molecule has 144 valence electrons. The van der Waals surface area contributed by atoms with E-state index in [1.165, 1.54) is 28.6 Å². The third kappa shape index (κ3) is 4.76. The number of carbonyl (C=O) groups excluding carboxylic acids is 1. The summed E-state index contributed by atoms with van der Waals surface area (Å²) in [6.07, 6.45) is 1.76. The van der Waals surface area contributed by atoms with Crippen LogP contribution in [0.3, 0.4) is 0 Å². The molecule has 6 heteroatoms. The van der Waals surface area contributed by atoms with Crippen LogP contribution >= 0.6 is 0 Å². The van der Waals surface area contributed by atoms with E-state index in [0.717, 1.165) is 24.0 Å². The molecule has 27 heavy (non-hydrogen) atoms. The van der Waals surface area contributed by atoms with Gasteiger partial charge in [0.05, 0.1) is 10.5 Å². The lowest BCUT2D eigenvalue weighted by molar-refractivity contribution is 0.0472. The van der Waals surface area contributed by atoms with E-state index in [1.807, 2.05) is 31.2 Å². The second-order valence-electron chi connectivity index (χ2n) is 7.18. The maximum atomic E-state index is 12.7. The van der Waals surface area contributed by atoms with Gasteiger partial charge in [0.15, 0.2) is 0 Å². The van der Waals surface area contributed by atoms with Crippen molar-refractivity contribution in [1.29, 1.82) is 0 Å². The predicted octanol–water partition coefficient (Wildman–Crippen LogP) is 3.77. The number of hydrogen-bond donors (Lipinski definition) is 0. The summed E-state index contributed by atoms with van der Waals surface area (Å²) in [5, 5.41) is 0. The zero-order chi connectivity index (χ0) is 19.4. The van der Waals surface area contributed by atoms with Gasteiger partial charge < -0.3 is 4.74 Å². The average Bonchev–Trinajstić information content (AvgIpc) is 2.66. The lowest BCUT2D eigenvalue weighted by atomic mass is 10.0. The fourth-order valence-electron chi connectivity index (χ4n) is 3.17. The molecule has 0 aromatic heterocycles. The molecular weight excluding hydrogens is 362 g/mol. The van der Waals surface area contributed by atoms with Crippen molar-refractivity contribution in [2.24, 2.45) is 5.92 Å². The van der Waals surface area contributed by atoms with Gasteiger partial charge in [0.1, 0.15) is 6.61 Å². The Kier molecular flexibility index (Phi) is 5.97. The molecule has 2 aromatic rings. The van der Waals surface area contributed by atoms with Crippen LogP contribution in [0.15, 0.2) is 53.4 Å². The highest BCUT2D eigenvalue weighted by Crippen LogP contribution is 2.23. The molecule has 0 bridgehead atoms. The van der Waals surface area contributed by atoms with Crippen molar-refractivity contribution < 1.29 is 17.9 Å². The van der Waals surface area contributed by atoms with Gasteiger partial charge in [-0.05, 0) is 55.5 Å². The Hall–Kier alpha value is -2.18. The fourth-order valence-corrected chi connectivity index (χ4v) is 4.64. The highest BCUT2D eigenvalue weighted by molar-refractivity contribution is 7.89. The number of benzene rings is 2. The Morgan fingerprint density at radius 3 is 2.41 bits per heavy atom. The first kappa shape index (κ1) is 19.6. The van der Waals surface area contributed by atoms with Crippen LogP contribution in [0.1, 0.15) is 41.3 Å². The molecule has 1 saturated heterocycles. The second-order valence-corrected chi connectivity index (χ2v) is 9.11. The summed E-state index contributed by atoms with van der Waals surface area (Å²) in [5.74, 6) is 0.0919.